The van der Waals surface area contributed by atoms with Gasteiger partial charge in [-0.2, -0.15) is 0 Å². The SMILES string of the molecule is CC(=O)OC[C@@H](COCc1ccccc1)OC(C)=O. The van der Waals surface area contributed by atoms with Crippen LogP contribution in [0.3, 0.4) is 0 Å². The summed E-state index contributed by atoms with van der Waals surface area (Å²) in [7, 11) is 0. The smallest absolute Gasteiger partial charge is 0.303 e. The molecular formula is C14H18O5. The maximum absolute atomic E-state index is 10.9. The quantitative estimate of drug-likeness (QED) is 0.703. The maximum atomic E-state index is 10.9. The van der Waals surface area contributed by atoms with Crippen LogP contribution in [0, 0.1) is 0 Å². The Labute approximate surface area is 112 Å². The van der Waals surface area contributed by atoms with Crippen molar-refractivity contribution in [1.82, 2.24) is 0 Å². The Balaban J connectivity index is 2.35. The van der Waals surface area contributed by atoms with Crippen LogP contribution in [0.2, 0.25) is 0 Å². The van der Waals surface area contributed by atoms with Crippen LogP contribution >= 0.6 is 0 Å². The minimum atomic E-state index is -0.579. The van der Waals surface area contributed by atoms with E-state index >= 15 is 0 Å². The van der Waals surface area contributed by atoms with E-state index in [9.17, 15) is 9.59 Å². The van der Waals surface area contributed by atoms with Gasteiger partial charge in [0, 0.05) is 13.8 Å². The molecule has 1 atom stereocenters. The molecular weight excluding hydrogens is 248 g/mol. The predicted molar refractivity (Wildman–Crippen MR) is 68.3 cm³/mol. The van der Waals surface area contributed by atoms with Gasteiger partial charge in [-0.1, -0.05) is 30.3 Å². The van der Waals surface area contributed by atoms with Gasteiger partial charge in [-0.25, -0.2) is 0 Å². The maximum Gasteiger partial charge on any atom is 0.303 e. The number of carbonyl (C=O) groups excluding carboxylic acids is 2. The first kappa shape index (κ1) is 15.2. The lowest BCUT2D eigenvalue weighted by atomic mass is 10.2. The molecule has 0 fully saturated rings. The summed E-state index contributed by atoms with van der Waals surface area (Å²) in [5.41, 5.74) is 1.02. The van der Waals surface area contributed by atoms with Crippen LogP contribution in [0.15, 0.2) is 30.3 Å². The summed E-state index contributed by atoms with van der Waals surface area (Å²) >= 11 is 0. The second kappa shape index (κ2) is 8.26. The molecule has 0 unspecified atom stereocenters. The molecule has 5 nitrogen and oxygen atoms in total. The van der Waals surface area contributed by atoms with Crippen LogP contribution in [-0.4, -0.2) is 31.3 Å². The molecule has 104 valence electrons. The molecule has 0 spiro atoms. The van der Waals surface area contributed by atoms with E-state index in [4.69, 9.17) is 14.2 Å². The number of hydrogen-bond acceptors (Lipinski definition) is 5. The lowest BCUT2D eigenvalue weighted by molar-refractivity contribution is -0.160. The fraction of sp³-hybridized carbons (Fsp3) is 0.429. The van der Waals surface area contributed by atoms with Crippen molar-refractivity contribution in [3.8, 4) is 0 Å². The zero-order valence-electron chi connectivity index (χ0n) is 11.1. The monoisotopic (exact) mass is 266 g/mol. The largest absolute Gasteiger partial charge is 0.462 e. The van der Waals surface area contributed by atoms with Crippen molar-refractivity contribution >= 4 is 11.9 Å². The molecule has 19 heavy (non-hydrogen) atoms. The van der Waals surface area contributed by atoms with Gasteiger partial charge in [0.2, 0.25) is 0 Å². The van der Waals surface area contributed by atoms with E-state index in [-0.39, 0.29) is 13.2 Å². The fourth-order valence-electron chi connectivity index (χ4n) is 1.44. The number of rotatable bonds is 7. The van der Waals surface area contributed by atoms with Crippen LogP contribution < -0.4 is 0 Å². The van der Waals surface area contributed by atoms with Gasteiger partial charge >= 0.3 is 11.9 Å². The average Bonchev–Trinajstić information content (AvgIpc) is 2.36. The van der Waals surface area contributed by atoms with Gasteiger partial charge in [0.25, 0.3) is 0 Å². The second-order valence-electron chi connectivity index (χ2n) is 4.03. The molecule has 0 aliphatic rings. The zero-order chi connectivity index (χ0) is 14.1. The highest BCUT2D eigenvalue weighted by Crippen LogP contribution is 2.03. The molecule has 0 aromatic heterocycles. The molecule has 0 heterocycles. The van der Waals surface area contributed by atoms with E-state index < -0.39 is 18.0 Å². The number of benzene rings is 1. The molecule has 0 bridgehead atoms. The van der Waals surface area contributed by atoms with Gasteiger partial charge in [-0.3, -0.25) is 9.59 Å². The Morgan fingerprint density at radius 1 is 1.05 bits per heavy atom. The standard InChI is InChI=1S/C14H18O5/c1-11(15)18-10-14(19-12(2)16)9-17-8-13-6-4-3-5-7-13/h3-7,14H,8-10H2,1-2H3/t14-/m1/s1. The second-order valence-corrected chi connectivity index (χ2v) is 4.03. The Kier molecular flexibility index (Phi) is 6.60. The van der Waals surface area contributed by atoms with Crippen molar-refractivity contribution < 1.29 is 23.8 Å². The molecule has 0 saturated heterocycles. The third-order valence-corrected chi connectivity index (χ3v) is 2.22. The normalized spacial score (nSPS) is 11.7. The van der Waals surface area contributed by atoms with Crippen molar-refractivity contribution in [1.29, 1.82) is 0 Å². The van der Waals surface area contributed by atoms with Crippen molar-refractivity contribution in [3.63, 3.8) is 0 Å². The number of carbonyl (C=O) groups is 2. The molecule has 0 saturated carbocycles. The van der Waals surface area contributed by atoms with Gasteiger partial charge in [-0.05, 0) is 5.56 Å². The van der Waals surface area contributed by atoms with Crippen molar-refractivity contribution in [2.75, 3.05) is 13.2 Å². The van der Waals surface area contributed by atoms with Crippen LogP contribution in [0.4, 0.5) is 0 Å². The third kappa shape index (κ3) is 7.21. The molecule has 0 N–H and O–H groups in total. The fourth-order valence-corrected chi connectivity index (χ4v) is 1.44. The molecule has 0 amide bonds. The first-order valence-electron chi connectivity index (χ1n) is 6.00. The minimum Gasteiger partial charge on any atom is -0.462 e. The summed E-state index contributed by atoms with van der Waals surface area (Å²) in [5, 5.41) is 0. The van der Waals surface area contributed by atoms with E-state index in [0.717, 1.165) is 5.56 Å². The van der Waals surface area contributed by atoms with Gasteiger partial charge < -0.3 is 14.2 Å². The van der Waals surface area contributed by atoms with E-state index in [0.29, 0.717) is 6.61 Å². The Hall–Kier alpha value is -1.88. The predicted octanol–water partition coefficient (Wildman–Crippen LogP) is 1.70. The van der Waals surface area contributed by atoms with Gasteiger partial charge in [-0.15, -0.1) is 0 Å². The molecule has 1 aromatic rings. The Morgan fingerprint density at radius 3 is 2.32 bits per heavy atom. The molecule has 1 rings (SSSR count). The van der Waals surface area contributed by atoms with Crippen LogP contribution in [0.25, 0.3) is 0 Å². The van der Waals surface area contributed by atoms with E-state index in [1.165, 1.54) is 13.8 Å². The van der Waals surface area contributed by atoms with Gasteiger partial charge in [0.05, 0.1) is 13.2 Å². The summed E-state index contributed by atoms with van der Waals surface area (Å²) in [6, 6.07) is 9.63. The highest BCUT2D eigenvalue weighted by molar-refractivity contribution is 5.67. The molecule has 0 radical (unpaired) electrons. The summed E-state index contributed by atoms with van der Waals surface area (Å²) in [6.07, 6.45) is -0.579. The summed E-state index contributed by atoms with van der Waals surface area (Å²) in [5.74, 6) is -0.847. The van der Waals surface area contributed by atoms with Gasteiger partial charge in [0.1, 0.15) is 6.61 Å². The Morgan fingerprint density at radius 2 is 1.74 bits per heavy atom. The highest BCUT2D eigenvalue weighted by Gasteiger charge is 2.14. The van der Waals surface area contributed by atoms with Crippen LogP contribution in [-0.2, 0) is 30.4 Å². The van der Waals surface area contributed by atoms with Crippen molar-refractivity contribution in [2.24, 2.45) is 0 Å². The van der Waals surface area contributed by atoms with Gasteiger partial charge in [0.15, 0.2) is 6.10 Å². The first-order chi connectivity index (χ1) is 9.08. The summed E-state index contributed by atoms with van der Waals surface area (Å²) in [6.45, 7) is 3.21. The van der Waals surface area contributed by atoms with Crippen LogP contribution in [0.1, 0.15) is 19.4 Å². The third-order valence-electron chi connectivity index (χ3n) is 2.22. The summed E-state index contributed by atoms with van der Waals surface area (Å²) in [4.78, 5) is 21.6. The lowest BCUT2D eigenvalue weighted by Crippen LogP contribution is -2.28. The molecule has 0 aliphatic carbocycles. The molecule has 5 heteroatoms. The van der Waals surface area contributed by atoms with Crippen molar-refractivity contribution in [2.45, 2.75) is 26.6 Å². The zero-order valence-corrected chi connectivity index (χ0v) is 11.1. The summed E-state index contributed by atoms with van der Waals surface area (Å²) < 4.78 is 15.3. The van der Waals surface area contributed by atoms with E-state index in [2.05, 4.69) is 0 Å². The lowest BCUT2D eigenvalue weighted by Gasteiger charge is -2.16. The topological polar surface area (TPSA) is 61.8 Å². The van der Waals surface area contributed by atoms with E-state index in [1.54, 1.807) is 0 Å². The number of esters is 2. The van der Waals surface area contributed by atoms with Crippen molar-refractivity contribution in [3.05, 3.63) is 35.9 Å². The minimum absolute atomic E-state index is 0.00367. The van der Waals surface area contributed by atoms with E-state index in [1.807, 2.05) is 30.3 Å². The number of hydrogen-bond donors (Lipinski definition) is 0. The van der Waals surface area contributed by atoms with Crippen LogP contribution in [0.5, 0.6) is 0 Å². The first-order valence-corrected chi connectivity index (χ1v) is 6.00. The average molecular weight is 266 g/mol. The molecule has 0 aliphatic heterocycles. The number of ether oxygens (including phenoxy) is 3. The highest BCUT2D eigenvalue weighted by atomic mass is 16.6. The Bertz CT molecular complexity index is 402. The molecule has 1 aromatic carbocycles.